The number of ether oxygens (including phenoxy) is 3. The molecule has 0 aliphatic heterocycles. The predicted octanol–water partition coefficient (Wildman–Crippen LogP) is 2.37. The lowest BCUT2D eigenvalue weighted by Gasteiger charge is -2.12. The number of rotatable bonds is 6. The maximum atomic E-state index is 12.4. The van der Waals surface area contributed by atoms with Crippen LogP contribution in [0.1, 0.15) is 0 Å². The molecule has 0 spiro atoms. The zero-order valence-electron chi connectivity index (χ0n) is 7.57. The lowest BCUT2D eigenvalue weighted by atomic mass is 10.7. The van der Waals surface area contributed by atoms with E-state index in [1.807, 2.05) is 0 Å². The second kappa shape index (κ2) is 6.21. The molecule has 0 aromatic carbocycles. The Morgan fingerprint density at radius 2 is 1.31 bits per heavy atom. The fourth-order valence-electron chi connectivity index (χ4n) is 0.542. The van der Waals surface area contributed by atoms with Gasteiger partial charge in [0.05, 0.1) is 13.2 Å². The summed E-state index contributed by atoms with van der Waals surface area (Å²) in [6.45, 7) is -3.31. The standard InChI is InChI=1S/C6H7F7O3/c7-4(3-16-6(11,12)13)14-1-2-15-5(8,9)10/h4H,1-3H2. The molecule has 1 unspecified atom stereocenters. The van der Waals surface area contributed by atoms with Crippen LogP contribution in [0, 0.1) is 0 Å². The summed E-state index contributed by atoms with van der Waals surface area (Å²) in [5.41, 5.74) is 0. The van der Waals surface area contributed by atoms with Crippen LogP contribution in [0.3, 0.4) is 0 Å². The van der Waals surface area contributed by atoms with Crippen molar-refractivity contribution >= 4 is 0 Å². The van der Waals surface area contributed by atoms with E-state index >= 15 is 0 Å². The van der Waals surface area contributed by atoms with E-state index in [0.29, 0.717) is 0 Å². The van der Waals surface area contributed by atoms with E-state index in [1.54, 1.807) is 0 Å². The molecule has 0 amide bonds. The molecule has 0 rings (SSSR count). The Morgan fingerprint density at radius 1 is 0.812 bits per heavy atom. The number of alkyl halides is 7. The lowest BCUT2D eigenvalue weighted by molar-refractivity contribution is -0.341. The Hall–Kier alpha value is -0.610. The molecule has 3 nitrogen and oxygen atoms in total. The van der Waals surface area contributed by atoms with Crippen LogP contribution < -0.4 is 0 Å². The Labute approximate surface area is 85.1 Å². The van der Waals surface area contributed by atoms with Gasteiger partial charge in [0.1, 0.15) is 6.61 Å². The van der Waals surface area contributed by atoms with Gasteiger partial charge in [0, 0.05) is 0 Å². The van der Waals surface area contributed by atoms with E-state index < -0.39 is 38.9 Å². The van der Waals surface area contributed by atoms with Crippen molar-refractivity contribution in [3.8, 4) is 0 Å². The molecule has 0 N–H and O–H groups in total. The first-order valence-electron chi connectivity index (χ1n) is 3.77. The highest BCUT2D eigenvalue weighted by Gasteiger charge is 2.31. The van der Waals surface area contributed by atoms with E-state index in [-0.39, 0.29) is 0 Å². The van der Waals surface area contributed by atoms with Gasteiger partial charge in [0.2, 0.25) is 6.36 Å². The molecule has 1 atom stereocenters. The average Bonchev–Trinajstić information content (AvgIpc) is 2.06. The van der Waals surface area contributed by atoms with Gasteiger partial charge in [-0.05, 0) is 0 Å². The molecule has 0 bridgehead atoms. The van der Waals surface area contributed by atoms with Crippen LogP contribution in [0.15, 0.2) is 0 Å². The molecule has 0 aliphatic carbocycles. The van der Waals surface area contributed by atoms with Gasteiger partial charge in [-0.25, -0.2) is 4.39 Å². The predicted molar refractivity (Wildman–Crippen MR) is 34.9 cm³/mol. The summed E-state index contributed by atoms with van der Waals surface area (Å²) in [6, 6.07) is 0. The van der Waals surface area contributed by atoms with Crippen molar-refractivity contribution in [2.24, 2.45) is 0 Å². The van der Waals surface area contributed by atoms with Crippen LogP contribution in [0.4, 0.5) is 30.7 Å². The van der Waals surface area contributed by atoms with Gasteiger partial charge in [-0.15, -0.1) is 26.3 Å². The van der Waals surface area contributed by atoms with Crippen LogP contribution in [-0.2, 0) is 14.2 Å². The molecular weight excluding hydrogens is 253 g/mol. The van der Waals surface area contributed by atoms with Gasteiger partial charge >= 0.3 is 12.7 Å². The summed E-state index contributed by atoms with van der Waals surface area (Å²) in [7, 11) is 0. The SMILES string of the molecule is FC(COC(F)(F)F)OCCOC(F)(F)F. The maximum absolute atomic E-state index is 12.4. The number of hydrogen-bond acceptors (Lipinski definition) is 3. The topological polar surface area (TPSA) is 27.7 Å². The summed E-state index contributed by atoms with van der Waals surface area (Å²) in [5.74, 6) is 0. The van der Waals surface area contributed by atoms with Gasteiger partial charge in [-0.2, -0.15) is 0 Å². The molecule has 0 aliphatic rings. The summed E-state index contributed by atoms with van der Waals surface area (Å²) in [5, 5.41) is 0. The summed E-state index contributed by atoms with van der Waals surface area (Å²) in [4.78, 5) is 0. The van der Waals surface area contributed by atoms with Crippen molar-refractivity contribution < 1.29 is 44.9 Å². The van der Waals surface area contributed by atoms with Crippen LogP contribution in [0.5, 0.6) is 0 Å². The first-order valence-corrected chi connectivity index (χ1v) is 3.77. The molecule has 0 saturated heterocycles. The molecule has 0 aromatic rings. The van der Waals surface area contributed by atoms with Gasteiger partial charge in [0.25, 0.3) is 0 Å². The van der Waals surface area contributed by atoms with E-state index in [1.165, 1.54) is 0 Å². The van der Waals surface area contributed by atoms with Crippen molar-refractivity contribution in [2.45, 2.75) is 19.1 Å². The molecule has 0 saturated carbocycles. The van der Waals surface area contributed by atoms with Crippen LogP contribution in [0.25, 0.3) is 0 Å². The fraction of sp³-hybridized carbons (Fsp3) is 1.00. The first kappa shape index (κ1) is 15.4. The fourth-order valence-corrected chi connectivity index (χ4v) is 0.542. The Balaban J connectivity index is 3.48. The van der Waals surface area contributed by atoms with E-state index in [2.05, 4.69) is 14.2 Å². The normalized spacial score (nSPS) is 15.2. The van der Waals surface area contributed by atoms with Crippen molar-refractivity contribution in [1.82, 2.24) is 0 Å². The quantitative estimate of drug-likeness (QED) is 0.542. The molecule has 0 fully saturated rings. The lowest BCUT2D eigenvalue weighted by Crippen LogP contribution is -2.24. The van der Waals surface area contributed by atoms with E-state index in [9.17, 15) is 30.7 Å². The third-order valence-electron chi connectivity index (χ3n) is 1.03. The highest BCUT2D eigenvalue weighted by atomic mass is 19.4. The van der Waals surface area contributed by atoms with Gasteiger partial charge in [-0.3, -0.25) is 9.47 Å². The molecule has 98 valence electrons. The molecule has 16 heavy (non-hydrogen) atoms. The second-order valence-electron chi connectivity index (χ2n) is 2.33. The third kappa shape index (κ3) is 11.5. The number of halogens is 7. The molecule has 0 radical (unpaired) electrons. The second-order valence-corrected chi connectivity index (χ2v) is 2.33. The minimum absolute atomic E-state index is 0.845. The highest BCUT2D eigenvalue weighted by Crippen LogP contribution is 2.17. The Kier molecular flexibility index (Phi) is 5.97. The Morgan fingerprint density at radius 3 is 1.75 bits per heavy atom. The van der Waals surface area contributed by atoms with Crippen molar-refractivity contribution in [1.29, 1.82) is 0 Å². The highest BCUT2D eigenvalue weighted by molar-refractivity contribution is 4.41. The van der Waals surface area contributed by atoms with Crippen LogP contribution in [-0.4, -0.2) is 38.9 Å². The largest absolute Gasteiger partial charge is 0.522 e. The van der Waals surface area contributed by atoms with Crippen molar-refractivity contribution in [3.63, 3.8) is 0 Å². The minimum atomic E-state index is -5.02. The minimum Gasteiger partial charge on any atom is -0.344 e. The van der Waals surface area contributed by atoms with Gasteiger partial charge < -0.3 is 4.74 Å². The zero-order chi connectivity index (χ0) is 12.8. The Bertz CT molecular complexity index is 190. The maximum Gasteiger partial charge on any atom is 0.522 e. The molecule has 0 heterocycles. The first-order chi connectivity index (χ1) is 7.10. The zero-order valence-corrected chi connectivity index (χ0v) is 7.57. The molecular formula is C6H7F7O3. The molecule has 0 aromatic heterocycles. The summed E-state index contributed by atoms with van der Waals surface area (Å²) >= 11 is 0. The summed E-state index contributed by atoms with van der Waals surface area (Å²) < 4.78 is 90.5. The smallest absolute Gasteiger partial charge is 0.344 e. The summed E-state index contributed by atoms with van der Waals surface area (Å²) in [6.07, 6.45) is -12.4. The molecule has 10 heteroatoms. The number of hydrogen-bond donors (Lipinski definition) is 0. The van der Waals surface area contributed by atoms with E-state index in [0.717, 1.165) is 0 Å². The average molecular weight is 260 g/mol. The third-order valence-corrected chi connectivity index (χ3v) is 1.03. The van der Waals surface area contributed by atoms with E-state index in [4.69, 9.17) is 0 Å². The monoisotopic (exact) mass is 260 g/mol. The van der Waals surface area contributed by atoms with Gasteiger partial charge in [-0.1, -0.05) is 0 Å². The van der Waals surface area contributed by atoms with Gasteiger partial charge in [0.15, 0.2) is 0 Å². The van der Waals surface area contributed by atoms with Crippen LogP contribution in [0.2, 0.25) is 0 Å². The van der Waals surface area contributed by atoms with Crippen molar-refractivity contribution in [2.75, 3.05) is 19.8 Å². The van der Waals surface area contributed by atoms with Crippen LogP contribution >= 0.6 is 0 Å². The van der Waals surface area contributed by atoms with Crippen molar-refractivity contribution in [3.05, 3.63) is 0 Å².